The third kappa shape index (κ3) is 4.39. The third-order valence-electron chi connectivity index (χ3n) is 2.44. The lowest BCUT2D eigenvalue weighted by Gasteiger charge is -2.14. The summed E-state index contributed by atoms with van der Waals surface area (Å²) in [6.45, 7) is 9.80. The van der Waals surface area contributed by atoms with Crippen LogP contribution in [0.15, 0.2) is 17.4 Å². The molecule has 1 rings (SSSR count). The van der Waals surface area contributed by atoms with Crippen LogP contribution in [0.25, 0.3) is 0 Å². The van der Waals surface area contributed by atoms with Crippen LogP contribution in [0.5, 0.6) is 0 Å². The van der Waals surface area contributed by atoms with Gasteiger partial charge in [0.1, 0.15) is 17.2 Å². The summed E-state index contributed by atoms with van der Waals surface area (Å²) in [5.41, 5.74) is 0. The molecule has 0 fully saturated rings. The predicted molar refractivity (Wildman–Crippen MR) is 71.0 cm³/mol. The molecular formula is C12H21N3S. The monoisotopic (exact) mass is 239 g/mol. The summed E-state index contributed by atoms with van der Waals surface area (Å²) in [7, 11) is 0. The molecule has 4 heteroatoms. The average Bonchev–Trinajstić information content (AvgIpc) is 2.26. The molecule has 16 heavy (non-hydrogen) atoms. The highest BCUT2D eigenvalue weighted by atomic mass is 32.2. The SMILES string of the molecule is CCCNc1cc(SC(C)C(C)C)ncn1. The molecule has 1 heterocycles. The van der Waals surface area contributed by atoms with Gasteiger partial charge in [0.2, 0.25) is 0 Å². The molecular weight excluding hydrogens is 218 g/mol. The molecule has 0 aliphatic heterocycles. The molecule has 1 N–H and O–H groups in total. The lowest BCUT2D eigenvalue weighted by atomic mass is 10.2. The summed E-state index contributed by atoms with van der Waals surface area (Å²) in [6.07, 6.45) is 2.74. The van der Waals surface area contributed by atoms with Gasteiger partial charge in [-0.3, -0.25) is 0 Å². The predicted octanol–water partition coefficient (Wildman–Crippen LogP) is 3.44. The van der Waals surface area contributed by atoms with Crippen LogP contribution in [0.3, 0.4) is 0 Å². The zero-order valence-electron chi connectivity index (χ0n) is 10.5. The first-order chi connectivity index (χ1) is 7.63. The van der Waals surface area contributed by atoms with E-state index in [0.717, 1.165) is 23.8 Å². The minimum Gasteiger partial charge on any atom is -0.370 e. The van der Waals surface area contributed by atoms with Crippen LogP contribution < -0.4 is 5.32 Å². The Bertz CT molecular complexity index is 315. The molecule has 1 aromatic rings. The van der Waals surface area contributed by atoms with Crippen LogP contribution in [0.2, 0.25) is 0 Å². The molecule has 0 saturated heterocycles. The maximum absolute atomic E-state index is 4.28. The number of nitrogens with zero attached hydrogens (tertiary/aromatic N) is 2. The van der Waals surface area contributed by atoms with Gasteiger partial charge in [-0.25, -0.2) is 9.97 Å². The van der Waals surface area contributed by atoms with E-state index in [4.69, 9.17) is 0 Å². The molecule has 0 spiro atoms. The fourth-order valence-corrected chi connectivity index (χ4v) is 2.02. The Kier molecular flexibility index (Phi) is 5.60. The Hall–Kier alpha value is -0.770. The quantitative estimate of drug-likeness (QED) is 0.609. The molecule has 0 aliphatic rings. The van der Waals surface area contributed by atoms with Crippen LogP contribution in [-0.4, -0.2) is 21.8 Å². The number of rotatable bonds is 6. The van der Waals surface area contributed by atoms with Gasteiger partial charge in [-0.05, 0) is 12.3 Å². The molecule has 1 atom stereocenters. The topological polar surface area (TPSA) is 37.8 Å². The van der Waals surface area contributed by atoms with Crippen molar-refractivity contribution in [2.75, 3.05) is 11.9 Å². The van der Waals surface area contributed by atoms with Gasteiger partial charge in [0.25, 0.3) is 0 Å². The fraction of sp³-hybridized carbons (Fsp3) is 0.667. The molecule has 0 radical (unpaired) electrons. The molecule has 0 aromatic carbocycles. The van der Waals surface area contributed by atoms with Gasteiger partial charge in [-0.15, -0.1) is 11.8 Å². The van der Waals surface area contributed by atoms with Gasteiger partial charge in [-0.1, -0.05) is 27.7 Å². The van der Waals surface area contributed by atoms with E-state index in [1.165, 1.54) is 0 Å². The van der Waals surface area contributed by atoms with Crippen LogP contribution in [0.4, 0.5) is 5.82 Å². The Balaban J connectivity index is 2.59. The van der Waals surface area contributed by atoms with Gasteiger partial charge < -0.3 is 5.32 Å². The molecule has 1 aromatic heterocycles. The van der Waals surface area contributed by atoms with Crippen molar-refractivity contribution in [1.29, 1.82) is 0 Å². The first-order valence-electron chi connectivity index (χ1n) is 5.86. The third-order valence-corrected chi connectivity index (χ3v) is 3.82. The van der Waals surface area contributed by atoms with Gasteiger partial charge in [0.15, 0.2) is 0 Å². The lowest BCUT2D eigenvalue weighted by molar-refractivity contribution is 0.641. The minimum absolute atomic E-state index is 0.578. The highest BCUT2D eigenvalue weighted by Gasteiger charge is 2.10. The number of hydrogen-bond acceptors (Lipinski definition) is 4. The second-order valence-electron chi connectivity index (χ2n) is 4.24. The van der Waals surface area contributed by atoms with Crippen LogP contribution in [-0.2, 0) is 0 Å². The summed E-state index contributed by atoms with van der Waals surface area (Å²) < 4.78 is 0. The van der Waals surface area contributed by atoms with E-state index < -0.39 is 0 Å². The number of anilines is 1. The summed E-state index contributed by atoms with van der Waals surface area (Å²) in [5, 5.41) is 4.90. The van der Waals surface area contributed by atoms with Crippen molar-refractivity contribution in [3.8, 4) is 0 Å². The second kappa shape index (κ2) is 6.74. The summed E-state index contributed by atoms with van der Waals surface area (Å²) in [5.74, 6) is 1.59. The van der Waals surface area contributed by atoms with E-state index in [-0.39, 0.29) is 0 Å². The highest BCUT2D eigenvalue weighted by Crippen LogP contribution is 2.26. The molecule has 0 saturated carbocycles. The fourth-order valence-electron chi connectivity index (χ4n) is 1.08. The van der Waals surface area contributed by atoms with Gasteiger partial charge in [0.05, 0.1) is 0 Å². The van der Waals surface area contributed by atoms with Crippen molar-refractivity contribution in [2.24, 2.45) is 5.92 Å². The smallest absolute Gasteiger partial charge is 0.130 e. The number of hydrogen-bond donors (Lipinski definition) is 1. The van der Waals surface area contributed by atoms with Crippen LogP contribution in [0, 0.1) is 5.92 Å². The standard InChI is InChI=1S/C12H21N3S/c1-5-6-13-11-7-12(15-8-14-11)16-10(4)9(2)3/h7-10H,5-6H2,1-4H3,(H,13,14,15). The Morgan fingerprint density at radius 3 is 2.69 bits per heavy atom. The molecule has 3 nitrogen and oxygen atoms in total. The van der Waals surface area contributed by atoms with Crippen LogP contribution >= 0.6 is 11.8 Å². The van der Waals surface area contributed by atoms with E-state index in [1.54, 1.807) is 6.33 Å². The Morgan fingerprint density at radius 1 is 1.31 bits per heavy atom. The maximum atomic E-state index is 4.28. The number of nitrogens with one attached hydrogen (secondary N) is 1. The maximum Gasteiger partial charge on any atom is 0.130 e. The number of thioether (sulfide) groups is 1. The van der Waals surface area contributed by atoms with Crippen molar-refractivity contribution in [3.05, 3.63) is 12.4 Å². The van der Waals surface area contributed by atoms with E-state index in [0.29, 0.717) is 11.2 Å². The summed E-state index contributed by atoms with van der Waals surface area (Å²) in [6, 6.07) is 2.03. The minimum atomic E-state index is 0.578. The molecule has 0 aliphatic carbocycles. The Labute approximate surface area is 102 Å². The molecule has 0 amide bonds. The first-order valence-corrected chi connectivity index (χ1v) is 6.74. The zero-order chi connectivity index (χ0) is 12.0. The number of aromatic nitrogens is 2. The second-order valence-corrected chi connectivity index (χ2v) is 5.63. The van der Waals surface area contributed by atoms with Crippen LogP contribution in [0.1, 0.15) is 34.1 Å². The molecule has 1 unspecified atom stereocenters. The molecule has 0 bridgehead atoms. The molecule has 90 valence electrons. The first kappa shape index (κ1) is 13.3. The van der Waals surface area contributed by atoms with E-state index in [2.05, 4.69) is 43.0 Å². The summed E-state index contributed by atoms with van der Waals surface area (Å²) in [4.78, 5) is 8.48. The van der Waals surface area contributed by atoms with Crippen molar-refractivity contribution in [2.45, 2.75) is 44.4 Å². The summed E-state index contributed by atoms with van der Waals surface area (Å²) >= 11 is 1.81. The zero-order valence-corrected chi connectivity index (χ0v) is 11.3. The lowest BCUT2D eigenvalue weighted by Crippen LogP contribution is -2.07. The van der Waals surface area contributed by atoms with Crippen molar-refractivity contribution < 1.29 is 0 Å². The Morgan fingerprint density at radius 2 is 2.06 bits per heavy atom. The van der Waals surface area contributed by atoms with E-state index >= 15 is 0 Å². The normalized spacial score (nSPS) is 12.8. The van der Waals surface area contributed by atoms with Gasteiger partial charge >= 0.3 is 0 Å². The van der Waals surface area contributed by atoms with Gasteiger partial charge in [0, 0.05) is 17.9 Å². The largest absolute Gasteiger partial charge is 0.370 e. The van der Waals surface area contributed by atoms with Crippen molar-refractivity contribution >= 4 is 17.6 Å². The van der Waals surface area contributed by atoms with Crippen molar-refractivity contribution in [3.63, 3.8) is 0 Å². The van der Waals surface area contributed by atoms with Crippen molar-refractivity contribution in [1.82, 2.24) is 9.97 Å². The van der Waals surface area contributed by atoms with Gasteiger partial charge in [-0.2, -0.15) is 0 Å². The highest BCUT2D eigenvalue weighted by molar-refractivity contribution is 7.99. The van der Waals surface area contributed by atoms with E-state index in [9.17, 15) is 0 Å². The van der Waals surface area contributed by atoms with E-state index in [1.807, 2.05) is 17.8 Å². The average molecular weight is 239 g/mol.